The minimum absolute atomic E-state index is 0. The molecule has 2 N–H and O–H groups in total. The van der Waals surface area contributed by atoms with Crippen molar-refractivity contribution in [3.63, 3.8) is 0 Å². The summed E-state index contributed by atoms with van der Waals surface area (Å²) in [7, 11) is 0. The van der Waals surface area contributed by atoms with Crippen molar-refractivity contribution in [2.24, 2.45) is 5.92 Å². The van der Waals surface area contributed by atoms with Crippen LogP contribution in [0.3, 0.4) is 0 Å². The summed E-state index contributed by atoms with van der Waals surface area (Å²) in [5, 5.41) is 6.50. The number of benzene rings is 2. The van der Waals surface area contributed by atoms with Crippen LogP contribution in [0.4, 0.5) is 0 Å². The van der Waals surface area contributed by atoms with Gasteiger partial charge in [-0.3, -0.25) is 4.79 Å². The Morgan fingerprint density at radius 3 is 2.69 bits per heavy atom. The fraction of sp³-hybridized carbons (Fsp3) is 0.458. The summed E-state index contributed by atoms with van der Waals surface area (Å²) in [5.41, 5.74) is 2.54. The van der Waals surface area contributed by atoms with Gasteiger partial charge in [-0.25, -0.2) is 0 Å². The SMILES string of the molecule is C[C@H]1C[C@@H](C(=O)NCCc2cccc(OCCCc3ccccc3)c2)CCN1.Cl. The summed E-state index contributed by atoms with van der Waals surface area (Å²) in [6, 6.07) is 19.1. The second-order valence-electron chi connectivity index (χ2n) is 7.70. The van der Waals surface area contributed by atoms with Crippen LogP contribution in [-0.2, 0) is 17.6 Å². The van der Waals surface area contributed by atoms with Gasteiger partial charge in [-0.2, -0.15) is 0 Å². The number of nitrogens with one attached hydrogen (secondary N) is 2. The van der Waals surface area contributed by atoms with Crippen molar-refractivity contribution in [1.29, 1.82) is 0 Å². The molecule has 0 aromatic heterocycles. The lowest BCUT2D eigenvalue weighted by Crippen LogP contribution is -2.42. The molecule has 1 saturated heterocycles. The summed E-state index contributed by atoms with van der Waals surface area (Å²) < 4.78 is 5.91. The molecule has 0 unspecified atom stereocenters. The zero-order valence-corrected chi connectivity index (χ0v) is 18.0. The van der Waals surface area contributed by atoms with Gasteiger partial charge in [0.1, 0.15) is 5.75 Å². The fourth-order valence-electron chi connectivity index (χ4n) is 3.75. The zero-order chi connectivity index (χ0) is 19.6. The van der Waals surface area contributed by atoms with Crippen LogP contribution in [0.1, 0.15) is 37.3 Å². The molecule has 0 saturated carbocycles. The molecule has 2 atom stereocenters. The molecule has 0 aliphatic carbocycles. The molecule has 0 bridgehead atoms. The van der Waals surface area contributed by atoms with Crippen LogP contribution >= 0.6 is 12.4 Å². The molecule has 1 fully saturated rings. The maximum Gasteiger partial charge on any atom is 0.223 e. The fourth-order valence-corrected chi connectivity index (χ4v) is 3.75. The van der Waals surface area contributed by atoms with Crippen LogP contribution in [0.2, 0.25) is 0 Å². The van der Waals surface area contributed by atoms with Crippen LogP contribution in [0, 0.1) is 5.92 Å². The summed E-state index contributed by atoms with van der Waals surface area (Å²) in [6.45, 7) is 4.46. The van der Waals surface area contributed by atoms with Gasteiger partial charge in [-0.15, -0.1) is 12.4 Å². The first kappa shape index (κ1) is 23.2. The van der Waals surface area contributed by atoms with Crippen molar-refractivity contribution in [2.75, 3.05) is 19.7 Å². The maximum absolute atomic E-state index is 12.3. The highest BCUT2D eigenvalue weighted by Crippen LogP contribution is 2.17. The monoisotopic (exact) mass is 416 g/mol. The molecular formula is C24H33ClN2O2. The Hall–Kier alpha value is -2.04. The number of aryl methyl sites for hydroxylation is 1. The summed E-state index contributed by atoms with van der Waals surface area (Å²) >= 11 is 0. The first-order valence-electron chi connectivity index (χ1n) is 10.5. The minimum Gasteiger partial charge on any atom is -0.494 e. The highest BCUT2D eigenvalue weighted by molar-refractivity contribution is 5.85. The van der Waals surface area contributed by atoms with Crippen molar-refractivity contribution in [3.05, 3.63) is 65.7 Å². The molecule has 1 aliphatic heterocycles. The number of rotatable bonds is 9. The standard InChI is InChI=1S/C24H32N2O2.ClH/c1-19-17-22(13-15-25-19)24(27)26-14-12-21-9-5-11-23(18-21)28-16-6-10-20-7-3-2-4-8-20;/h2-5,7-9,11,18-19,22,25H,6,10,12-17H2,1H3,(H,26,27);1H/t19-,22-;/m0./s1. The van der Waals surface area contributed by atoms with Crippen molar-refractivity contribution in [1.82, 2.24) is 10.6 Å². The average Bonchev–Trinajstić information content (AvgIpc) is 2.72. The van der Waals surface area contributed by atoms with Crippen molar-refractivity contribution < 1.29 is 9.53 Å². The van der Waals surface area contributed by atoms with Crippen LogP contribution in [0.5, 0.6) is 5.75 Å². The highest BCUT2D eigenvalue weighted by atomic mass is 35.5. The number of hydrogen-bond donors (Lipinski definition) is 2. The van der Waals surface area contributed by atoms with Gasteiger partial charge in [0, 0.05) is 18.5 Å². The van der Waals surface area contributed by atoms with E-state index in [1.807, 2.05) is 18.2 Å². The molecule has 2 aromatic rings. The summed E-state index contributed by atoms with van der Waals surface area (Å²) in [5.74, 6) is 1.25. The largest absolute Gasteiger partial charge is 0.494 e. The van der Waals surface area contributed by atoms with E-state index in [-0.39, 0.29) is 24.2 Å². The van der Waals surface area contributed by atoms with Gasteiger partial charge < -0.3 is 15.4 Å². The van der Waals surface area contributed by atoms with Gasteiger partial charge in [-0.05, 0) is 68.8 Å². The molecule has 158 valence electrons. The Balaban J connectivity index is 0.00000300. The van der Waals surface area contributed by atoms with Gasteiger partial charge in [-0.1, -0.05) is 42.5 Å². The lowest BCUT2D eigenvalue weighted by atomic mass is 9.92. The van der Waals surface area contributed by atoms with Gasteiger partial charge in [0.25, 0.3) is 0 Å². The quantitative estimate of drug-likeness (QED) is 0.603. The third kappa shape index (κ3) is 8.08. The van der Waals surface area contributed by atoms with Crippen molar-refractivity contribution in [3.8, 4) is 5.75 Å². The third-order valence-electron chi connectivity index (χ3n) is 5.33. The number of halogens is 1. The molecule has 0 spiro atoms. The van der Waals surface area contributed by atoms with E-state index in [0.717, 1.165) is 44.4 Å². The van der Waals surface area contributed by atoms with E-state index >= 15 is 0 Å². The first-order valence-corrected chi connectivity index (χ1v) is 10.5. The van der Waals surface area contributed by atoms with Crippen molar-refractivity contribution >= 4 is 18.3 Å². The highest BCUT2D eigenvalue weighted by Gasteiger charge is 2.24. The molecule has 1 aliphatic rings. The number of piperidine rings is 1. The Morgan fingerprint density at radius 1 is 1.10 bits per heavy atom. The normalized spacial score (nSPS) is 18.5. The number of hydrogen-bond acceptors (Lipinski definition) is 3. The van der Waals surface area contributed by atoms with Crippen molar-refractivity contribution in [2.45, 2.75) is 45.1 Å². The number of ether oxygens (including phenoxy) is 1. The summed E-state index contributed by atoms with van der Waals surface area (Å²) in [4.78, 5) is 12.3. The Bertz CT molecular complexity index is 739. The first-order chi connectivity index (χ1) is 13.7. The van der Waals surface area contributed by atoms with Gasteiger partial charge in [0.15, 0.2) is 0 Å². The number of carbonyl (C=O) groups is 1. The number of carbonyl (C=O) groups excluding carboxylic acids is 1. The van der Waals surface area contributed by atoms with Gasteiger partial charge >= 0.3 is 0 Å². The van der Waals surface area contributed by atoms with Gasteiger partial charge in [0.2, 0.25) is 5.91 Å². The van der Waals surface area contributed by atoms with E-state index in [4.69, 9.17) is 4.74 Å². The molecule has 3 rings (SSSR count). The van der Waals surface area contributed by atoms with Crippen LogP contribution in [-0.4, -0.2) is 31.6 Å². The predicted molar refractivity (Wildman–Crippen MR) is 121 cm³/mol. The van der Waals surface area contributed by atoms with E-state index in [1.165, 1.54) is 11.1 Å². The predicted octanol–water partition coefficient (Wildman–Crippen LogP) is 4.17. The maximum atomic E-state index is 12.3. The Labute approximate surface area is 180 Å². The topological polar surface area (TPSA) is 50.4 Å². The molecule has 1 heterocycles. The molecule has 5 heteroatoms. The molecule has 4 nitrogen and oxygen atoms in total. The van der Waals surface area contributed by atoms with Crippen LogP contribution < -0.4 is 15.4 Å². The minimum atomic E-state index is 0. The Morgan fingerprint density at radius 2 is 1.90 bits per heavy atom. The lowest BCUT2D eigenvalue weighted by molar-refractivity contribution is -0.126. The smallest absolute Gasteiger partial charge is 0.223 e. The molecule has 29 heavy (non-hydrogen) atoms. The Kier molecular flexibility index (Phi) is 10.0. The number of amides is 1. The van der Waals surface area contributed by atoms with E-state index < -0.39 is 0 Å². The lowest BCUT2D eigenvalue weighted by Gasteiger charge is -2.27. The zero-order valence-electron chi connectivity index (χ0n) is 17.2. The average molecular weight is 417 g/mol. The molecular weight excluding hydrogens is 384 g/mol. The van der Waals surface area contributed by atoms with Crippen LogP contribution in [0.15, 0.2) is 54.6 Å². The second kappa shape index (κ2) is 12.5. The molecule has 0 radical (unpaired) electrons. The molecule has 2 aromatic carbocycles. The van der Waals surface area contributed by atoms with Gasteiger partial charge in [0.05, 0.1) is 6.61 Å². The van der Waals surface area contributed by atoms with E-state index in [0.29, 0.717) is 19.2 Å². The second-order valence-corrected chi connectivity index (χ2v) is 7.70. The van der Waals surface area contributed by atoms with E-state index in [2.05, 4.69) is 54.0 Å². The third-order valence-corrected chi connectivity index (χ3v) is 5.33. The summed E-state index contributed by atoms with van der Waals surface area (Å²) in [6.07, 6.45) is 4.72. The van der Waals surface area contributed by atoms with E-state index in [1.54, 1.807) is 0 Å². The van der Waals surface area contributed by atoms with Crippen LogP contribution in [0.25, 0.3) is 0 Å². The van der Waals surface area contributed by atoms with E-state index in [9.17, 15) is 4.79 Å². The molecule has 1 amide bonds.